The Kier molecular flexibility index (Phi) is 5.74. The lowest BCUT2D eigenvalue weighted by molar-refractivity contribution is -0.136. The van der Waals surface area contributed by atoms with Crippen molar-refractivity contribution in [1.29, 1.82) is 0 Å². The fourth-order valence-electron chi connectivity index (χ4n) is 4.05. The molecule has 0 atom stereocenters. The van der Waals surface area contributed by atoms with E-state index in [0.29, 0.717) is 5.91 Å². The summed E-state index contributed by atoms with van der Waals surface area (Å²) < 4.78 is 0. The molecule has 1 amide bonds. The summed E-state index contributed by atoms with van der Waals surface area (Å²) >= 11 is 0. The summed E-state index contributed by atoms with van der Waals surface area (Å²) in [6.45, 7) is 7.29. The average molecular weight is 389 g/mol. The van der Waals surface area contributed by atoms with Crippen molar-refractivity contribution in [2.45, 2.75) is 26.7 Å². The van der Waals surface area contributed by atoms with Gasteiger partial charge in [0.15, 0.2) is 5.82 Å². The van der Waals surface area contributed by atoms with Crippen LogP contribution in [-0.4, -0.2) is 47.2 Å². The van der Waals surface area contributed by atoms with E-state index in [2.05, 4.69) is 71.4 Å². The number of fused-ring (bicyclic) bond motifs is 1. The van der Waals surface area contributed by atoms with E-state index < -0.39 is 0 Å². The number of hydrogen-bond acceptors (Lipinski definition) is 4. The summed E-state index contributed by atoms with van der Waals surface area (Å²) in [5, 5.41) is 11.4. The molecule has 0 aliphatic carbocycles. The first-order valence-corrected chi connectivity index (χ1v) is 10.6. The first-order chi connectivity index (χ1) is 14.2. The Morgan fingerprint density at radius 3 is 2.28 bits per heavy atom. The van der Waals surface area contributed by atoms with Crippen molar-refractivity contribution in [2.75, 3.05) is 31.1 Å². The highest BCUT2D eigenvalue weighted by molar-refractivity contribution is 5.86. The molecule has 0 spiro atoms. The molecular weight excluding hydrogens is 360 g/mol. The number of rotatable bonds is 5. The Balaban J connectivity index is 1.42. The second-order valence-corrected chi connectivity index (χ2v) is 7.66. The van der Waals surface area contributed by atoms with E-state index >= 15 is 0 Å². The van der Waals surface area contributed by atoms with Crippen LogP contribution in [0.15, 0.2) is 54.6 Å². The van der Waals surface area contributed by atoms with Crippen LogP contribution in [0, 0.1) is 5.92 Å². The number of anilines is 1. The van der Waals surface area contributed by atoms with Gasteiger partial charge in [-0.1, -0.05) is 50.2 Å². The van der Waals surface area contributed by atoms with E-state index in [1.807, 2.05) is 17.0 Å². The summed E-state index contributed by atoms with van der Waals surface area (Å²) in [6, 6.07) is 18.8. The molecule has 2 heterocycles. The summed E-state index contributed by atoms with van der Waals surface area (Å²) in [5.41, 5.74) is 1.95. The molecule has 1 aromatic heterocycles. The van der Waals surface area contributed by atoms with Gasteiger partial charge in [-0.05, 0) is 41.8 Å². The molecular formula is C24H28N4O. The number of carbonyl (C=O) groups excluding carboxylic acids is 1. The van der Waals surface area contributed by atoms with Crippen LogP contribution in [0.2, 0.25) is 0 Å². The molecule has 0 saturated carbocycles. The lowest BCUT2D eigenvalue weighted by Crippen LogP contribution is -2.50. The van der Waals surface area contributed by atoms with E-state index in [1.54, 1.807) is 0 Å². The highest BCUT2D eigenvalue weighted by Gasteiger charge is 2.26. The van der Waals surface area contributed by atoms with Crippen molar-refractivity contribution >= 4 is 22.5 Å². The van der Waals surface area contributed by atoms with Gasteiger partial charge in [0.1, 0.15) is 0 Å². The lowest BCUT2D eigenvalue weighted by atomic mass is 10.0. The number of piperazine rings is 1. The van der Waals surface area contributed by atoms with Crippen LogP contribution in [0.5, 0.6) is 0 Å². The largest absolute Gasteiger partial charge is 0.352 e. The standard InChI is InChI=1S/C24H28N4O/c1-3-18(4-2)24(29)28-15-13-27(14-16-28)23-12-11-22(25-26-23)21-10-9-19-7-5-6-8-20(19)17-21/h5-12,17-18H,3-4,13-16H2,1-2H3. The van der Waals surface area contributed by atoms with Gasteiger partial charge in [-0.15, -0.1) is 10.2 Å². The van der Waals surface area contributed by atoms with E-state index in [0.717, 1.165) is 56.1 Å². The molecule has 1 saturated heterocycles. The molecule has 1 aliphatic heterocycles. The number of amides is 1. The van der Waals surface area contributed by atoms with Crippen LogP contribution in [0.25, 0.3) is 22.0 Å². The molecule has 29 heavy (non-hydrogen) atoms. The molecule has 1 fully saturated rings. The van der Waals surface area contributed by atoms with Gasteiger partial charge in [-0.3, -0.25) is 4.79 Å². The molecule has 3 aromatic rings. The minimum absolute atomic E-state index is 0.155. The third kappa shape index (κ3) is 4.09. The third-order valence-electron chi connectivity index (χ3n) is 5.95. The number of benzene rings is 2. The zero-order valence-electron chi connectivity index (χ0n) is 17.2. The number of nitrogens with zero attached hydrogens (tertiary/aromatic N) is 4. The molecule has 0 bridgehead atoms. The van der Waals surface area contributed by atoms with Crippen LogP contribution >= 0.6 is 0 Å². The van der Waals surface area contributed by atoms with Crippen LogP contribution in [0.3, 0.4) is 0 Å². The smallest absolute Gasteiger partial charge is 0.225 e. The van der Waals surface area contributed by atoms with E-state index in [9.17, 15) is 4.79 Å². The summed E-state index contributed by atoms with van der Waals surface area (Å²) in [5.74, 6) is 1.33. The average Bonchev–Trinajstić information content (AvgIpc) is 2.80. The highest BCUT2D eigenvalue weighted by atomic mass is 16.2. The normalized spacial score (nSPS) is 14.6. The SMILES string of the molecule is CCC(CC)C(=O)N1CCN(c2ccc(-c3ccc4ccccc4c3)nn2)CC1. The maximum atomic E-state index is 12.6. The second kappa shape index (κ2) is 8.60. The maximum Gasteiger partial charge on any atom is 0.225 e. The lowest BCUT2D eigenvalue weighted by Gasteiger charge is -2.36. The number of hydrogen-bond donors (Lipinski definition) is 0. The van der Waals surface area contributed by atoms with Crippen LogP contribution in [-0.2, 0) is 4.79 Å². The predicted molar refractivity (Wildman–Crippen MR) is 118 cm³/mol. The van der Waals surface area contributed by atoms with Crippen LogP contribution < -0.4 is 4.90 Å². The van der Waals surface area contributed by atoms with Crippen molar-refractivity contribution in [3.8, 4) is 11.3 Å². The zero-order valence-corrected chi connectivity index (χ0v) is 17.2. The molecule has 0 radical (unpaired) electrons. The van der Waals surface area contributed by atoms with Crippen LogP contribution in [0.4, 0.5) is 5.82 Å². The van der Waals surface area contributed by atoms with Crippen molar-refractivity contribution in [2.24, 2.45) is 5.92 Å². The zero-order chi connectivity index (χ0) is 20.2. The Labute approximate surface area is 172 Å². The van der Waals surface area contributed by atoms with Gasteiger partial charge >= 0.3 is 0 Å². The topological polar surface area (TPSA) is 49.3 Å². The van der Waals surface area contributed by atoms with Gasteiger partial charge in [-0.2, -0.15) is 0 Å². The summed E-state index contributed by atoms with van der Waals surface area (Å²) in [6.07, 6.45) is 1.83. The molecule has 2 aromatic carbocycles. The van der Waals surface area contributed by atoms with Gasteiger partial charge in [0, 0.05) is 37.7 Å². The molecule has 4 rings (SSSR count). The van der Waals surface area contributed by atoms with Crippen molar-refractivity contribution < 1.29 is 4.79 Å². The second-order valence-electron chi connectivity index (χ2n) is 7.66. The van der Waals surface area contributed by atoms with Gasteiger partial charge in [0.05, 0.1) is 5.69 Å². The molecule has 150 valence electrons. The third-order valence-corrected chi connectivity index (χ3v) is 5.95. The minimum atomic E-state index is 0.155. The Morgan fingerprint density at radius 2 is 1.62 bits per heavy atom. The Morgan fingerprint density at radius 1 is 0.897 bits per heavy atom. The molecule has 5 nitrogen and oxygen atoms in total. The molecule has 0 unspecified atom stereocenters. The van der Waals surface area contributed by atoms with Gasteiger partial charge < -0.3 is 9.80 Å². The van der Waals surface area contributed by atoms with E-state index in [1.165, 1.54) is 10.8 Å². The van der Waals surface area contributed by atoms with Gasteiger partial charge in [0.25, 0.3) is 0 Å². The highest BCUT2D eigenvalue weighted by Crippen LogP contribution is 2.24. The fraction of sp³-hybridized carbons (Fsp3) is 0.375. The first kappa shape index (κ1) is 19.4. The summed E-state index contributed by atoms with van der Waals surface area (Å²) in [7, 11) is 0. The van der Waals surface area contributed by atoms with Crippen molar-refractivity contribution in [3.05, 3.63) is 54.6 Å². The minimum Gasteiger partial charge on any atom is -0.352 e. The van der Waals surface area contributed by atoms with Crippen molar-refractivity contribution in [1.82, 2.24) is 15.1 Å². The number of carbonyl (C=O) groups is 1. The quantitative estimate of drug-likeness (QED) is 0.651. The van der Waals surface area contributed by atoms with Gasteiger partial charge in [0.2, 0.25) is 5.91 Å². The maximum absolute atomic E-state index is 12.6. The number of aromatic nitrogens is 2. The van der Waals surface area contributed by atoms with E-state index in [-0.39, 0.29) is 5.92 Å². The van der Waals surface area contributed by atoms with Crippen molar-refractivity contribution in [3.63, 3.8) is 0 Å². The van der Waals surface area contributed by atoms with E-state index in [4.69, 9.17) is 0 Å². The van der Waals surface area contributed by atoms with Gasteiger partial charge in [-0.25, -0.2) is 0 Å². The Bertz CT molecular complexity index is 974. The first-order valence-electron chi connectivity index (χ1n) is 10.6. The monoisotopic (exact) mass is 388 g/mol. The molecule has 1 aliphatic rings. The molecule has 5 heteroatoms. The summed E-state index contributed by atoms with van der Waals surface area (Å²) in [4.78, 5) is 16.8. The molecule has 0 N–H and O–H groups in total. The fourth-order valence-corrected chi connectivity index (χ4v) is 4.05. The Hall–Kier alpha value is -2.95. The van der Waals surface area contributed by atoms with Crippen LogP contribution in [0.1, 0.15) is 26.7 Å². The predicted octanol–water partition coefficient (Wildman–Crippen LogP) is 4.38.